The molecule has 4 nitrogen and oxygen atoms in total. The summed E-state index contributed by atoms with van der Waals surface area (Å²) >= 11 is 0. The van der Waals surface area contributed by atoms with Gasteiger partial charge in [0.25, 0.3) is 0 Å². The summed E-state index contributed by atoms with van der Waals surface area (Å²) in [7, 11) is 1.75. The fourth-order valence-electron chi connectivity index (χ4n) is 2.47. The molecular formula is C14H20N2O2. The van der Waals surface area contributed by atoms with Gasteiger partial charge in [0.05, 0.1) is 5.56 Å². The van der Waals surface area contributed by atoms with Crippen LogP contribution in [0.2, 0.25) is 0 Å². The zero-order valence-corrected chi connectivity index (χ0v) is 11.1. The molecule has 4 heteroatoms. The smallest absolute Gasteiger partial charge is 0.163 e. The van der Waals surface area contributed by atoms with Crippen molar-refractivity contribution in [3.05, 3.63) is 23.9 Å². The van der Waals surface area contributed by atoms with Gasteiger partial charge in [0.2, 0.25) is 0 Å². The molecule has 1 aromatic heterocycles. The van der Waals surface area contributed by atoms with Gasteiger partial charge in [0.1, 0.15) is 5.82 Å². The first kappa shape index (κ1) is 13.0. The summed E-state index contributed by atoms with van der Waals surface area (Å²) in [6.07, 6.45) is 3.95. The predicted octanol–water partition coefficient (Wildman–Crippen LogP) is 2.15. The molecule has 0 N–H and O–H groups in total. The Morgan fingerprint density at radius 1 is 1.50 bits per heavy atom. The number of ether oxygens (including phenoxy) is 1. The molecule has 1 aliphatic heterocycles. The van der Waals surface area contributed by atoms with Crippen LogP contribution in [-0.2, 0) is 4.74 Å². The van der Waals surface area contributed by atoms with Gasteiger partial charge in [-0.25, -0.2) is 4.98 Å². The quantitative estimate of drug-likeness (QED) is 0.766. The van der Waals surface area contributed by atoms with Crippen LogP contribution < -0.4 is 4.90 Å². The molecule has 0 atom stereocenters. The lowest BCUT2D eigenvalue weighted by Gasteiger charge is -2.33. The summed E-state index contributed by atoms with van der Waals surface area (Å²) in [6, 6.07) is 3.67. The number of piperidine rings is 1. The fraction of sp³-hybridized carbons (Fsp3) is 0.571. The molecule has 0 spiro atoms. The number of ketones is 1. The van der Waals surface area contributed by atoms with Crippen molar-refractivity contribution < 1.29 is 9.53 Å². The van der Waals surface area contributed by atoms with E-state index < -0.39 is 0 Å². The van der Waals surface area contributed by atoms with Crippen LogP contribution in [0.1, 0.15) is 30.1 Å². The number of hydrogen-bond acceptors (Lipinski definition) is 4. The van der Waals surface area contributed by atoms with Gasteiger partial charge in [-0.05, 0) is 37.8 Å². The first-order chi connectivity index (χ1) is 8.72. The number of anilines is 1. The molecule has 1 aromatic rings. The highest BCUT2D eigenvalue weighted by molar-refractivity contribution is 5.98. The monoisotopic (exact) mass is 248 g/mol. The second-order valence-corrected chi connectivity index (χ2v) is 4.82. The number of carbonyl (C=O) groups excluding carboxylic acids is 1. The molecule has 0 saturated carbocycles. The van der Waals surface area contributed by atoms with Crippen LogP contribution in [-0.4, -0.2) is 37.6 Å². The van der Waals surface area contributed by atoms with Crippen molar-refractivity contribution in [3.8, 4) is 0 Å². The van der Waals surface area contributed by atoms with E-state index in [9.17, 15) is 4.79 Å². The fourth-order valence-corrected chi connectivity index (χ4v) is 2.47. The molecule has 0 amide bonds. The van der Waals surface area contributed by atoms with Crippen LogP contribution in [0.5, 0.6) is 0 Å². The molecule has 0 bridgehead atoms. The van der Waals surface area contributed by atoms with Gasteiger partial charge in [-0.15, -0.1) is 0 Å². The van der Waals surface area contributed by atoms with E-state index in [0.717, 1.165) is 43.9 Å². The van der Waals surface area contributed by atoms with Crippen molar-refractivity contribution in [2.24, 2.45) is 5.92 Å². The number of carbonyl (C=O) groups is 1. The van der Waals surface area contributed by atoms with Gasteiger partial charge in [0, 0.05) is 33.0 Å². The van der Waals surface area contributed by atoms with Gasteiger partial charge >= 0.3 is 0 Å². The van der Waals surface area contributed by atoms with Crippen LogP contribution in [0.15, 0.2) is 18.3 Å². The first-order valence-electron chi connectivity index (χ1n) is 6.42. The highest BCUT2D eigenvalue weighted by Gasteiger charge is 2.22. The van der Waals surface area contributed by atoms with E-state index in [1.165, 1.54) is 0 Å². The highest BCUT2D eigenvalue weighted by atomic mass is 16.5. The van der Waals surface area contributed by atoms with E-state index in [1.54, 1.807) is 20.2 Å². The maximum atomic E-state index is 11.6. The Balaban J connectivity index is 2.07. The zero-order valence-electron chi connectivity index (χ0n) is 11.1. The molecule has 1 fully saturated rings. The van der Waals surface area contributed by atoms with E-state index >= 15 is 0 Å². The van der Waals surface area contributed by atoms with Crippen molar-refractivity contribution in [2.75, 3.05) is 31.7 Å². The SMILES string of the molecule is COCC1CCN(c2ncccc2C(C)=O)CC1. The molecule has 98 valence electrons. The van der Waals surface area contributed by atoms with Crippen molar-refractivity contribution >= 4 is 11.6 Å². The van der Waals surface area contributed by atoms with Crippen molar-refractivity contribution in [2.45, 2.75) is 19.8 Å². The Hall–Kier alpha value is -1.42. The molecule has 18 heavy (non-hydrogen) atoms. The number of hydrogen-bond donors (Lipinski definition) is 0. The lowest BCUT2D eigenvalue weighted by Crippen LogP contribution is -2.36. The van der Waals surface area contributed by atoms with Crippen LogP contribution in [0.25, 0.3) is 0 Å². The zero-order chi connectivity index (χ0) is 13.0. The van der Waals surface area contributed by atoms with Gasteiger partial charge < -0.3 is 9.64 Å². The average molecular weight is 248 g/mol. The molecule has 0 aliphatic carbocycles. The number of rotatable bonds is 4. The Bertz CT molecular complexity index is 412. The van der Waals surface area contributed by atoms with E-state index in [0.29, 0.717) is 5.92 Å². The van der Waals surface area contributed by atoms with Crippen LogP contribution in [0.3, 0.4) is 0 Å². The number of pyridine rings is 1. The molecule has 0 aromatic carbocycles. The van der Waals surface area contributed by atoms with E-state index in [4.69, 9.17) is 4.74 Å². The summed E-state index contributed by atoms with van der Waals surface area (Å²) in [6.45, 7) is 4.32. The topological polar surface area (TPSA) is 42.4 Å². The summed E-state index contributed by atoms with van der Waals surface area (Å²) in [5, 5.41) is 0. The van der Waals surface area contributed by atoms with Gasteiger partial charge in [0.15, 0.2) is 5.78 Å². The van der Waals surface area contributed by atoms with E-state index in [-0.39, 0.29) is 5.78 Å². The largest absolute Gasteiger partial charge is 0.384 e. The summed E-state index contributed by atoms with van der Waals surface area (Å²) in [5.41, 5.74) is 0.725. The summed E-state index contributed by atoms with van der Waals surface area (Å²) < 4.78 is 5.20. The predicted molar refractivity (Wildman–Crippen MR) is 71.1 cm³/mol. The molecule has 2 heterocycles. The highest BCUT2D eigenvalue weighted by Crippen LogP contribution is 2.24. The van der Waals surface area contributed by atoms with Gasteiger partial charge in [-0.2, -0.15) is 0 Å². The second kappa shape index (κ2) is 5.96. The molecule has 1 aliphatic rings. The van der Waals surface area contributed by atoms with Crippen LogP contribution in [0, 0.1) is 5.92 Å². The van der Waals surface area contributed by atoms with Crippen LogP contribution >= 0.6 is 0 Å². The maximum Gasteiger partial charge on any atom is 0.163 e. The lowest BCUT2D eigenvalue weighted by atomic mass is 9.97. The average Bonchev–Trinajstić information content (AvgIpc) is 2.40. The Labute approximate surface area is 108 Å². The number of Topliss-reactive ketones (excluding diaryl/α,β-unsaturated/α-hetero) is 1. The number of methoxy groups -OCH3 is 1. The van der Waals surface area contributed by atoms with Crippen molar-refractivity contribution in [3.63, 3.8) is 0 Å². The Morgan fingerprint density at radius 3 is 2.83 bits per heavy atom. The molecule has 0 unspecified atom stereocenters. The van der Waals surface area contributed by atoms with E-state index in [1.807, 2.05) is 12.1 Å². The number of aromatic nitrogens is 1. The van der Waals surface area contributed by atoms with E-state index in [2.05, 4.69) is 9.88 Å². The Kier molecular flexibility index (Phi) is 4.31. The third kappa shape index (κ3) is 2.88. The summed E-state index contributed by atoms with van der Waals surface area (Å²) in [4.78, 5) is 18.2. The lowest BCUT2D eigenvalue weighted by molar-refractivity contribution is 0.101. The summed E-state index contributed by atoms with van der Waals surface area (Å²) in [5.74, 6) is 1.55. The minimum Gasteiger partial charge on any atom is -0.384 e. The standard InChI is InChI=1S/C14H20N2O2/c1-11(17)13-4-3-7-15-14(13)16-8-5-12(6-9-16)10-18-2/h3-4,7,12H,5-6,8-10H2,1-2H3. The molecule has 1 saturated heterocycles. The first-order valence-corrected chi connectivity index (χ1v) is 6.42. The number of nitrogens with zero attached hydrogens (tertiary/aromatic N) is 2. The molecule has 0 radical (unpaired) electrons. The van der Waals surface area contributed by atoms with Crippen molar-refractivity contribution in [1.82, 2.24) is 4.98 Å². The molecular weight excluding hydrogens is 228 g/mol. The minimum atomic E-state index is 0.0807. The van der Waals surface area contributed by atoms with Crippen molar-refractivity contribution in [1.29, 1.82) is 0 Å². The Morgan fingerprint density at radius 2 is 2.22 bits per heavy atom. The minimum absolute atomic E-state index is 0.0807. The normalized spacial score (nSPS) is 16.9. The van der Waals surface area contributed by atoms with Crippen LogP contribution in [0.4, 0.5) is 5.82 Å². The maximum absolute atomic E-state index is 11.6. The second-order valence-electron chi connectivity index (χ2n) is 4.82. The molecule has 2 rings (SSSR count). The van der Waals surface area contributed by atoms with Gasteiger partial charge in [-0.1, -0.05) is 0 Å². The third-order valence-electron chi connectivity index (χ3n) is 3.48. The van der Waals surface area contributed by atoms with Gasteiger partial charge in [-0.3, -0.25) is 4.79 Å². The third-order valence-corrected chi connectivity index (χ3v) is 3.48.